The fourth-order valence-electron chi connectivity index (χ4n) is 5.79. The van der Waals surface area contributed by atoms with Gasteiger partial charge in [0.15, 0.2) is 5.75 Å². The number of ether oxygens (including phenoxy) is 1. The van der Waals surface area contributed by atoms with Crippen molar-refractivity contribution in [1.29, 1.82) is 0 Å². The number of allylic oxidation sites excluding steroid dienone is 2. The summed E-state index contributed by atoms with van der Waals surface area (Å²) in [6.07, 6.45) is 4.06. The molecular weight excluding hydrogens is 861 g/mol. The number of azo groups is 3. The minimum atomic E-state index is -5.15. The van der Waals surface area contributed by atoms with E-state index in [0.717, 1.165) is 54.6 Å². The second-order valence-electron chi connectivity index (χ2n) is 12.3. The molecule has 0 spiro atoms. The molecule has 1 atom stereocenters. The second kappa shape index (κ2) is 15.2. The lowest BCUT2D eigenvalue weighted by molar-refractivity contribution is -0.116. The van der Waals surface area contributed by atoms with Crippen LogP contribution in [0.25, 0.3) is 21.5 Å². The molecule has 0 saturated heterocycles. The molecule has 1 aliphatic rings. The lowest BCUT2D eigenvalue weighted by Gasteiger charge is -2.20. The Balaban J connectivity index is 1.38. The summed E-state index contributed by atoms with van der Waals surface area (Å²) in [5, 5.41) is 33.7. The highest BCUT2D eigenvalue weighted by Crippen LogP contribution is 2.44. The average Bonchev–Trinajstić information content (AvgIpc) is 3.14. The monoisotopic (exact) mass is 886 g/mol. The van der Waals surface area contributed by atoms with Crippen LogP contribution >= 0.6 is 0 Å². The third kappa shape index (κ3) is 8.25. The van der Waals surface area contributed by atoms with Crippen molar-refractivity contribution in [3.05, 3.63) is 96.6 Å². The number of methoxy groups -OCH3 is 1. The van der Waals surface area contributed by atoms with Crippen LogP contribution in [-0.2, 0) is 45.3 Å². The number of rotatable bonds is 11. The summed E-state index contributed by atoms with van der Waals surface area (Å²) in [5.74, 6) is -1.97. The minimum absolute atomic E-state index is 0.0526. The first-order chi connectivity index (χ1) is 27.5. The topological polar surface area (TPSA) is 338 Å². The highest BCUT2D eigenvalue weighted by molar-refractivity contribution is 7.88. The number of fused-ring (bicyclic) bond motifs is 2. The van der Waals surface area contributed by atoms with Crippen molar-refractivity contribution in [2.75, 3.05) is 7.11 Å². The number of carbonyl (C=O) groups is 1. The largest absolute Gasteiger partial charge is 0.505 e. The zero-order valence-corrected chi connectivity index (χ0v) is 33.1. The number of nitrogens with zero attached hydrogens (tertiary/aromatic N) is 6. The number of phenols is 1. The van der Waals surface area contributed by atoms with Crippen LogP contribution in [0.5, 0.6) is 11.5 Å². The van der Waals surface area contributed by atoms with Crippen molar-refractivity contribution in [2.45, 2.75) is 26.5 Å². The first-order valence-corrected chi connectivity index (χ1v) is 21.8. The summed E-state index contributed by atoms with van der Waals surface area (Å²) in [5.41, 5.74) is -1.02. The van der Waals surface area contributed by atoms with E-state index in [1.54, 1.807) is 0 Å². The van der Waals surface area contributed by atoms with Crippen LogP contribution in [0.2, 0.25) is 0 Å². The molecule has 5 aromatic carbocycles. The number of hydrogen-bond donors (Lipinski definition) is 5. The Hall–Kier alpha value is -6.19. The van der Waals surface area contributed by atoms with Gasteiger partial charge in [-0.25, -0.2) is 0 Å². The molecule has 5 N–H and O–H groups in total. The van der Waals surface area contributed by atoms with E-state index in [9.17, 15) is 61.8 Å². The van der Waals surface area contributed by atoms with Crippen molar-refractivity contribution >= 4 is 96.2 Å². The summed E-state index contributed by atoms with van der Waals surface area (Å²) >= 11 is 0. The molecule has 59 heavy (non-hydrogen) atoms. The zero-order valence-electron chi connectivity index (χ0n) is 29.8. The summed E-state index contributed by atoms with van der Waals surface area (Å²) in [6, 6.07) is 12.6. The molecule has 25 heteroatoms. The van der Waals surface area contributed by atoms with Gasteiger partial charge in [0.2, 0.25) is 5.78 Å². The maximum Gasteiger partial charge on any atom is 0.304 e. The van der Waals surface area contributed by atoms with Gasteiger partial charge in [0, 0.05) is 22.2 Å². The van der Waals surface area contributed by atoms with Gasteiger partial charge in [0.25, 0.3) is 35.2 Å². The van der Waals surface area contributed by atoms with Gasteiger partial charge in [-0.2, -0.15) is 43.9 Å². The van der Waals surface area contributed by atoms with Crippen LogP contribution in [-0.4, -0.2) is 74.8 Å². The number of phenolic OH excluding ortho intramolecular Hbond substituents is 1. The SMILES string of the molecule is COc1cc(N=Nc2ccc3c(S(=O)(=O)O)cccc3c2S(=O)(=O)O)c(C)cc1N=Nc1c(S(=O)(=O)O)cc2cc(N=NC3(S(=O)(=O)O)C=CC=CC3=O)ccc2c1O. The number of benzene rings is 5. The third-order valence-electron chi connectivity index (χ3n) is 8.56. The first-order valence-electron chi connectivity index (χ1n) is 16.1. The number of hydrogen-bond acceptors (Lipinski definition) is 17. The van der Waals surface area contributed by atoms with Crippen molar-refractivity contribution in [3.63, 3.8) is 0 Å². The quantitative estimate of drug-likeness (QED) is 0.0661. The molecule has 0 fully saturated rings. The summed E-state index contributed by atoms with van der Waals surface area (Å²) in [4.78, 5) is 7.29. The van der Waals surface area contributed by atoms with Gasteiger partial charge < -0.3 is 9.84 Å². The molecule has 0 aliphatic heterocycles. The van der Waals surface area contributed by atoms with Gasteiger partial charge >= 0.3 is 10.1 Å². The Labute approximate surface area is 333 Å². The average molecular weight is 887 g/mol. The molecule has 0 bridgehead atoms. The van der Waals surface area contributed by atoms with Crippen molar-refractivity contribution in [2.24, 2.45) is 30.7 Å². The van der Waals surface area contributed by atoms with E-state index < -0.39 is 82.9 Å². The van der Waals surface area contributed by atoms with Gasteiger partial charge in [0.1, 0.15) is 37.5 Å². The van der Waals surface area contributed by atoms with Crippen LogP contribution in [0.3, 0.4) is 0 Å². The molecule has 0 saturated carbocycles. The fraction of sp³-hybridized carbons (Fsp3) is 0.0882. The minimum Gasteiger partial charge on any atom is -0.505 e. The van der Waals surface area contributed by atoms with E-state index >= 15 is 0 Å². The van der Waals surface area contributed by atoms with Gasteiger partial charge in [0.05, 0.1) is 18.5 Å². The van der Waals surface area contributed by atoms with Crippen LogP contribution in [0, 0.1) is 6.92 Å². The number of carbonyl (C=O) groups excluding carboxylic acids is 1. The Morgan fingerprint density at radius 1 is 0.644 bits per heavy atom. The number of aryl methyl sites for hydroxylation is 1. The number of ketones is 1. The van der Waals surface area contributed by atoms with Crippen molar-refractivity contribution in [3.8, 4) is 11.5 Å². The third-order valence-corrected chi connectivity index (χ3v) is 12.5. The molecule has 0 heterocycles. The fourth-order valence-corrected chi connectivity index (χ4v) is 8.70. The Bertz CT molecular complexity index is 3260. The van der Waals surface area contributed by atoms with E-state index in [-0.39, 0.29) is 44.4 Å². The predicted octanol–water partition coefficient (Wildman–Crippen LogP) is 6.95. The summed E-state index contributed by atoms with van der Waals surface area (Å²) < 4.78 is 143. The van der Waals surface area contributed by atoms with E-state index in [1.165, 1.54) is 50.4 Å². The predicted molar refractivity (Wildman–Crippen MR) is 207 cm³/mol. The Kier molecular flexibility index (Phi) is 10.9. The maximum absolute atomic E-state index is 12.5. The summed E-state index contributed by atoms with van der Waals surface area (Å²) in [6.45, 7) is 1.51. The van der Waals surface area contributed by atoms with E-state index in [2.05, 4.69) is 30.7 Å². The van der Waals surface area contributed by atoms with E-state index in [1.807, 2.05) is 0 Å². The lowest BCUT2D eigenvalue weighted by Crippen LogP contribution is -2.42. The smallest absolute Gasteiger partial charge is 0.304 e. The van der Waals surface area contributed by atoms with Gasteiger partial charge in [-0.05, 0) is 72.5 Å². The molecule has 0 amide bonds. The second-order valence-corrected chi connectivity index (χ2v) is 18.0. The van der Waals surface area contributed by atoms with Crippen LogP contribution in [0.1, 0.15) is 5.56 Å². The summed E-state index contributed by atoms with van der Waals surface area (Å²) in [7, 11) is -18.9. The van der Waals surface area contributed by atoms with Crippen LogP contribution < -0.4 is 4.74 Å². The van der Waals surface area contributed by atoms with Crippen LogP contribution in [0.4, 0.5) is 28.4 Å². The lowest BCUT2D eigenvalue weighted by atomic mass is 10.1. The molecular formula is C34H26N6O15S4. The standard InChI is InChI=1S/C34H26N6O15S4/c1-18-14-26(27(55-2)17-25(18)37-36-24-12-11-22-23(33(24)58(49,50)51)6-5-7-28(22)56(43,44)45)38-39-31-29(57(46,47)48)16-19-15-20(9-10-21(19)32(31)42)35-40-34(59(52,53)54)13-4-3-8-30(34)41/h3-17,42H,1-2H3,(H,43,44,45)(H,46,47,48)(H,49,50,51)(H,52,53,54). The molecule has 306 valence electrons. The molecule has 5 aromatic rings. The first kappa shape index (κ1) is 42.4. The van der Waals surface area contributed by atoms with Gasteiger partial charge in [-0.1, -0.05) is 30.4 Å². The molecule has 21 nitrogen and oxygen atoms in total. The molecule has 6 rings (SSSR count). The normalized spacial score (nSPS) is 16.7. The zero-order chi connectivity index (χ0) is 43.3. The molecule has 0 radical (unpaired) electrons. The molecule has 1 aliphatic carbocycles. The highest BCUT2D eigenvalue weighted by atomic mass is 32.2. The van der Waals surface area contributed by atoms with Crippen molar-refractivity contribution < 1.29 is 66.5 Å². The number of aromatic hydroxyl groups is 1. The van der Waals surface area contributed by atoms with Gasteiger partial charge in [-0.15, -0.1) is 20.5 Å². The van der Waals surface area contributed by atoms with E-state index in [0.29, 0.717) is 5.56 Å². The van der Waals surface area contributed by atoms with Crippen LogP contribution in [0.15, 0.2) is 136 Å². The highest BCUT2D eigenvalue weighted by Gasteiger charge is 2.48. The van der Waals surface area contributed by atoms with Gasteiger partial charge in [-0.3, -0.25) is 23.0 Å². The molecule has 1 unspecified atom stereocenters. The molecule has 0 aromatic heterocycles. The van der Waals surface area contributed by atoms with Crippen molar-refractivity contribution in [1.82, 2.24) is 0 Å². The maximum atomic E-state index is 12.5. The Morgan fingerprint density at radius 3 is 1.93 bits per heavy atom. The Morgan fingerprint density at radius 2 is 1.31 bits per heavy atom. The van der Waals surface area contributed by atoms with E-state index in [4.69, 9.17) is 4.74 Å².